The molecule has 0 radical (unpaired) electrons. The molecule has 0 aliphatic heterocycles. The Morgan fingerprint density at radius 3 is 2.63 bits per heavy atom. The summed E-state index contributed by atoms with van der Waals surface area (Å²) >= 11 is 0. The lowest BCUT2D eigenvalue weighted by Crippen LogP contribution is -2.16. The first-order valence-electron chi connectivity index (χ1n) is 5.47. The van der Waals surface area contributed by atoms with E-state index in [2.05, 4.69) is 10.4 Å². The maximum atomic E-state index is 11.9. The first kappa shape index (κ1) is 13.3. The van der Waals surface area contributed by atoms with Crippen molar-refractivity contribution < 1.29 is 13.2 Å². The number of hydrogen-bond donors (Lipinski definition) is 1. The standard InChI is InChI=1S/C12H13N3O3S/c1-15-11(6-7-13-15)12(16)14-9-4-3-5-10(8-9)19(2,17)18/h3-8H,1-2H3,(H,14,16). The maximum Gasteiger partial charge on any atom is 0.273 e. The number of rotatable bonds is 3. The summed E-state index contributed by atoms with van der Waals surface area (Å²) in [7, 11) is -1.64. The minimum atomic E-state index is -3.29. The normalized spacial score (nSPS) is 11.3. The molecular weight excluding hydrogens is 266 g/mol. The number of aryl methyl sites for hydroxylation is 1. The lowest BCUT2D eigenvalue weighted by atomic mass is 10.3. The number of nitrogens with zero attached hydrogens (tertiary/aromatic N) is 2. The van der Waals surface area contributed by atoms with Gasteiger partial charge in [0.1, 0.15) is 5.69 Å². The van der Waals surface area contributed by atoms with E-state index in [9.17, 15) is 13.2 Å². The SMILES string of the molecule is Cn1nccc1C(=O)Nc1cccc(S(C)(=O)=O)c1. The number of carbonyl (C=O) groups is 1. The minimum Gasteiger partial charge on any atom is -0.321 e. The number of amides is 1. The Balaban J connectivity index is 2.25. The summed E-state index contributed by atoms with van der Waals surface area (Å²) in [6.07, 6.45) is 2.64. The average molecular weight is 279 g/mol. The fraction of sp³-hybridized carbons (Fsp3) is 0.167. The van der Waals surface area contributed by atoms with Crippen molar-refractivity contribution in [2.24, 2.45) is 7.05 Å². The monoisotopic (exact) mass is 279 g/mol. The van der Waals surface area contributed by atoms with Crippen LogP contribution < -0.4 is 5.32 Å². The molecule has 100 valence electrons. The number of anilines is 1. The van der Waals surface area contributed by atoms with Gasteiger partial charge in [0.25, 0.3) is 5.91 Å². The predicted octanol–water partition coefficient (Wildman–Crippen LogP) is 1.08. The Morgan fingerprint density at radius 1 is 1.32 bits per heavy atom. The van der Waals surface area contributed by atoms with E-state index in [4.69, 9.17) is 0 Å². The van der Waals surface area contributed by atoms with Crippen LogP contribution in [0, 0.1) is 0 Å². The van der Waals surface area contributed by atoms with Crippen molar-refractivity contribution in [3.8, 4) is 0 Å². The molecule has 0 aliphatic carbocycles. The van der Waals surface area contributed by atoms with E-state index in [-0.39, 0.29) is 10.8 Å². The van der Waals surface area contributed by atoms with Crippen LogP contribution in [-0.4, -0.2) is 30.4 Å². The molecule has 1 amide bonds. The first-order valence-corrected chi connectivity index (χ1v) is 7.36. The van der Waals surface area contributed by atoms with Gasteiger partial charge in [-0.25, -0.2) is 8.42 Å². The van der Waals surface area contributed by atoms with Crippen LogP contribution in [0.4, 0.5) is 5.69 Å². The van der Waals surface area contributed by atoms with Gasteiger partial charge >= 0.3 is 0 Å². The van der Waals surface area contributed by atoms with Crippen molar-refractivity contribution in [2.45, 2.75) is 4.90 Å². The van der Waals surface area contributed by atoms with Gasteiger partial charge in [-0.15, -0.1) is 0 Å². The van der Waals surface area contributed by atoms with Crippen LogP contribution in [0.5, 0.6) is 0 Å². The minimum absolute atomic E-state index is 0.162. The summed E-state index contributed by atoms with van der Waals surface area (Å²) in [5.41, 5.74) is 0.818. The fourth-order valence-electron chi connectivity index (χ4n) is 1.60. The highest BCUT2D eigenvalue weighted by atomic mass is 32.2. The van der Waals surface area contributed by atoms with Gasteiger partial charge in [-0.1, -0.05) is 6.07 Å². The van der Waals surface area contributed by atoms with Gasteiger partial charge in [-0.3, -0.25) is 9.48 Å². The molecule has 6 nitrogen and oxygen atoms in total. The van der Waals surface area contributed by atoms with E-state index in [0.717, 1.165) is 6.26 Å². The molecule has 0 spiro atoms. The summed E-state index contributed by atoms with van der Waals surface area (Å²) in [4.78, 5) is 12.1. The maximum absolute atomic E-state index is 11.9. The van der Waals surface area contributed by atoms with Crippen LogP contribution in [0.25, 0.3) is 0 Å². The van der Waals surface area contributed by atoms with Gasteiger partial charge in [0.2, 0.25) is 0 Å². The van der Waals surface area contributed by atoms with Crippen molar-refractivity contribution in [1.82, 2.24) is 9.78 Å². The van der Waals surface area contributed by atoms with E-state index < -0.39 is 9.84 Å². The van der Waals surface area contributed by atoms with Crippen LogP contribution >= 0.6 is 0 Å². The molecule has 1 N–H and O–H groups in total. The van der Waals surface area contributed by atoms with Crippen LogP contribution in [0.15, 0.2) is 41.4 Å². The number of sulfone groups is 1. The Kier molecular flexibility index (Phi) is 3.39. The first-order chi connectivity index (χ1) is 8.88. The number of nitrogens with one attached hydrogen (secondary N) is 1. The van der Waals surface area contributed by atoms with Gasteiger partial charge in [0, 0.05) is 25.2 Å². The molecule has 7 heteroatoms. The van der Waals surface area contributed by atoms with E-state index >= 15 is 0 Å². The Morgan fingerprint density at radius 2 is 2.05 bits per heavy atom. The Hall–Kier alpha value is -2.15. The lowest BCUT2D eigenvalue weighted by Gasteiger charge is -2.06. The molecule has 0 saturated heterocycles. The summed E-state index contributed by atoms with van der Waals surface area (Å²) in [6, 6.07) is 7.69. The summed E-state index contributed by atoms with van der Waals surface area (Å²) in [5.74, 6) is -0.342. The number of aromatic nitrogens is 2. The van der Waals surface area contributed by atoms with Crippen molar-refractivity contribution >= 4 is 21.4 Å². The van der Waals surface area contributed by atoms with E-state index in [0.29, 0.717) is 11.4 Å². The molecule has 19 heavy (non-hydrogen) atoms. The zero-order valence-corrected chi connectivity index (χ0v) is 11.3. The van der Waals surface area contributed by atoms with Crippen LogP contribution in [0.2, 0.25) is 0 Å². The van der Waals surface area contributed by atoms with Crippen LogP contribution in [0.3, 0.4) is 0 Å². The molecule has 1 aromatic carbocycles. The van der Waals surface area contributed by atoms with Crippen molar-refractivity contribution in [3.05, 3.63) is 42.2 Å². The van der Waals surface area contributed by atoms with Crippen molar-refractivity contribution in [2.75, 3.05) is 11.6 Å². The van der Waals surface area contributed by atoms with Crippen LogP contribution in [0.1, 0.15) is 10.5 Å². The second kappa shape index (κ2) is 4.85. The van der Waals surface area contributed by atoms with Crippen LogP contribution in [-0.2, 0) is 16.9 Å². The molecule has 0 saturated carbocycles. The molecule has 0 unspecified atom stereocenters. The third kappa shape index (κ3) is 3.00. The Labute approximate surface area is 111 Å². The molecular formula is C12H13N3O3S. The molecule has 1 aromatic heterocycles. The molecule has 2 rings (SSSR count). The molecule has 1 heterocycles. The zero-order valence-electron chi connectivity index (χ0n) is 10.5. The smallest absolute Gasteiger partial charge is 0.273 e. The number of hydrogen-bond acceptors (Lipinski definition) is 4. The highest BCUT2D eigenvalue weighted by Gasteiger charge is 2.12. The highest BCUT2D eigenvalue weighted by Crippen LogP contribution is 2.16. The van der Waals surface area contributed by atoms with E-state index in [1.807, 2.05) is 0 Å². The van der Waals surface area contributed by atoms with Gasteiger partial charge in [-0.2, -0.15) is 5.10 Å². The largest absolute Gasteiger partial charge is 0.321 e. The average Bonchev–Trinajstić information content (AvgIpc) is 2.75. The molecule has 0 atom stereocenters. The van der Waals surface area contributed by atoms with Gasteiger partial charge < -0.3 is 5.32 Å². The Bertz CT molecular complexity index is 719. The highest BCUT2D eigenvalue weighted by molar-refractivity contribution is 7.90. The third-order valence-corrected chi connectivity index (χ3v) is 3.68. The van der Waals surface area contributed by atoms with Gasteiger partial charge in [0.15, 0.2) is 9.84 Å². The molecule has 0 bridgehead atoms. The second-order valence-electron chi connectivity index (χ2n) is 4.09. The topological polar surface area (TPSA) is 81.1 Å². The van der Waals surface area contributed by atoms with E-state index in [1.54, 1.807) is 25.2 Å². The zero-order chi connectivity index (χ0) is 14.0. The second-order valence-corrected chi connectivity index (χ2v) is 6.11. The third-order valence-electron chi connectivity index (χ3n) is 2.57. The molecule has 2 aromatic rings. The fourth-order valence-corrected chi connectivity index (χ4v) is 2.26. The summed E-state index contributed by atoms with van der Waals surface area (Å²) in [5, 5.41) is 6.53. The van der Waals surface area contributed by atoms with E-state index in [1.165, 1.54) is 23.0 Å². The van der Waals surface area contributed by atoms with Gasteiger partial charge in [0.05, 0.1) is 4.90 Å². The van der Waals surface area contributed by atoms with Crippen molar-refractivity contribution in [3.63, 3.8) is 0 Å². The quantitative estimate of drug-likeness (QED) is 0.911. The summed E-state index contributed by atoms with van der Waals surface area (Å²) in [6.45, 7) is 0. The predicted molar refractivity (Wildman–Crippen MR) is 70.7 cm³/mol. The lowest BCUT2D eigenvalue weighted by molar-refractivity contribution is 0.101. The number of carbonyl (C=O) groups excluding carboxylic acids is 1. The van der Waals surface area contributed by atoms with Crippen molar-refractivity contribution in [1.29, 1.82) is 0 Å². The molecule has 0 fully saturated rings. The number of benzene rings is 1. The molecule has 0 aliphatic rings. The van der Waals surface area contributed by atoms with Gasteiger partial charge in [-0.05, 0) is 24.3 Å². The summed E-state index contributed by atoms with van der Waals surface area (Å²) < 4.78 is 24.3.